The van der Waals surface area contributed by atoms with E-state index in [2.05, 4.69) is 105 Å². The first-order chi connectivity index (χ1) is 25.5. The van der Waals surface area contributed by atoms with Crippen LogP contribution in [-0.2, 0) is 16.0 Å². The molecular weight excluding hydrogens is 645 g/mol. The van der Waals surface area contributed by atoms with Crippen LogP contribution in [0.5, 0.6) is 5.75 Å². The second-order valence-electron chi connectivity index (χ2n) is 15.9. The molecule has 4 heterocycles. The maximum Gasteiger partial charge on any atom is 0.234 e. The van der Waals surface area contributed by atoms with Crippen LogP contribution in [-0.4, -0.2) is 66.6 Å². The topological polar surface area (TPSA) is 76.1 Å². The molecule has 4 saturated heterocycles. The van der Waals surface area contributed by atoms with Gasteiger partial charge < -0.3 is 14.9 Å². The molecule has 0 radical (unpaired) electrons. The number of anilines is 2. The number of piperidine rings is 2. The van der Waals surface area contributed by atoms with E-state index in [-0.39, 0.29) is 23.7 Å². The number of nitrogens with zero attached hydrogens (tertiary/aromatic N) is 3. The molecule has 4 aromatic rings. The number of hydrogen-bond donors (Lipinski definition) is 2. The lowest BCUT2D eigenvalue weighted by Crippen LogP contribution is -2.42. The largest absolute Gasteiger partial charge is 0.508 e. The summed E-state index contributed by atoms with van der Waals surface area (Å²) in [6, 6.07) is 36.1. The molecule has 4 aliphatic heterocycles. The van der Waals surface area contributed by atoms with Gasteiger partial charge in [0, 0.05) is 68.5 Å². The number of carbonyl (C=O) groups is 2. The SMILES string of the molecule is O=C1CCC(c2ccc(N3CC[C@H]4[C@@H]3CCN4CC3CCN(c4ccc([C@@H]5c6ccc(O)cc6CC[C@@H]5c5ccccc5)cc4)CC3)cc2)C(=O)N1. The number of aromatic hydroxyl groups is 1. The van der Waals surface area contributed by atoms with Gasteiger partial charge in [-0.3, -0.25) is 19.8 Å². The first-order valence-corrected chi connectivity index (χ1v) is 19.6. The molecule has 0 bridgehead atoms. The van der Waals surface area contributed by atoms with Gasteiger partial charge in [-0.2, -0.15) is 0 Å². The molecule has 0 aromatic heterocycles. The molecule has 4 aromatic carbocycles. The average Bonchev–Trinajstić information content (AvgIpc) is 3.78. The monoisotopic (exact) mass is 694 g/mol. The van der Waals surface area contributed by atoms with Gasteiger partial charge in [0.15, 0.2) is 0 Å². The fourth-order valence-electron chi connectivity index (χ4n) is 10.4. The Morgan fingerprint density at radius 2 is 1.38 bits per heavy atom. The van der Waals surface area contributed by atoms with Crippen LogP contribution in [0.2, 0.25) is 0 Å². The quantitative estimate of drug-likeness (QED) is 0.197. The highest BCUT2D eigenvalue weighted by Crippen LogP contribution is 2.47. The lowest BCUT2D eigenvalue weighted by Gasteiger charge is -2.37. The Balaban J connectivity index is 0.810. The average molecular weight is 695 g/mol. The molecule has 0 saturated carbocycles. The highest BCUT2D eigenvalue weighted by molar-refractivity contribution is 6.00. The fraction of sp³-hybridized carbons (Fsp3) is 0.422. The minimum absolute atomic E-state index is 0.162. The van der Waals surface area contributed by atoms with Crippen LogP contribution in [0.4, 0.5) is 11.4 Å². The van der Waals surface area contributed by atoms with Crippen molar-refractivity contribution < 1.29 is 14.7 Å². The maximum absolute atomic E-state index is 12.4. The molecule has 1 aliphatic carbocycles. The first-order valence-electron chi connectivity index (χ1n) is 19.6. The third-order valence-corrected chi connectivity index (χ3v) is 13.1. The van der Waals surface area contributed by atoms with E-state index in [1.807, 2.05) is 12.1 Å². The predicted octanol–water partition coefficient (Wildman–Crippen LogP) is 7.34. The van der Waals surface area contributed by atoms with Crippen LogP contribution in [0.3, 0.4) is 0 Å². The Labute approximate surface area is 307 Å². The van der Waals surface area contributed by atoms with Crippen molar-refractivity contribution in [1.82, 2.24) is 10.2 Å². The summed E-state index contributed by atoms with van der Waals surface area (Å²) in [5.41, 5.74) is 8.98. The van der Waals surface area contributed by atoms with E-state index in [4.69, 9.17) is 0 Å². The Morgan fingerprint density at radius 1 is 0.654 bits per heavy atom. The van der Waals surface area contributed by atoms with Crippen LogP contribution < -0.4 is 15.1 Å². The smallest absolute Gasteiger partial charge is 0.234 e. The number of hydrogen-bond acceptors (Lipinski definition) is 6. The Hall–Kier alpha value is -4.62. The number of nitrogens with one attached hydrogen (secondary N) is 1. The van der Waals surface area contributed by atoms with Crippen molar-refractivity contribution in [2.75, 3.05) is 42.5 Å². The highest BCUT2D eigenvalue weighted by atomic mass is 16.3. The number of imide groups is 1. The summed E-state index contributed by atoms with van der Waals surface area (Å²) < 4.78 is 0. The molecule has 7 nitrogen and oxygen atoms in total. The molecule has 2 N–H and O–H groups in total. The third-order valence-electron chi connectivity index (χ3n) is 13.1. The number of rotatable bonds is 7. The summed E-state index contributed by atoms with van der Waals surface area (Å²) in [5.74, 6) is 1.24. The van der Waals surface area contributed by atoms with Gasteiger partial charge in [0.05, 0.1) is 5.92 Å². The summed E-state index contributed by atoms with van der Waals surface area (Å²) in [5, 5.41) is 12.7. The number of carbonyl (C=O) groups excluding carboxylic acids is 2. The van der Waals surface area contributed by atoms with Crippen molar-refractivity contribution >= 4 is 23.2 Å². The van der Waals surface area contributed by atoms with E-state index < -0.39 is 0 Å². The van der Waals surface area contributed by atoms with E-state index >= 15 is 0 Å². The molecular formula is C45H50N4O3. The molecule has 4 fully saturated rings. The van der Waals surface area contributed by atoms with Gasteiger partial charge in [0.2, 0.25) is 11.8 Å². The number of phenolic OH excluding ortho intramolecular Hbond substituents is 1. The Bertz CT molecular complexity index is 1900. The molecule has 5 aliphatic rings. The summed E-state index contributed by atoms with van der Waals surface area (Å²) in [6.45, 7) is 5.67. The Morgan fingerprint density at radius 3 is 2.15 bits per heavy atom. The molecule has 2 amide bonds. The number of benzene rings is 4. The summed E-state index contributed by atoms with van der Waals surface area (Å²) in [6.07, 6.45) is 7.97. The zero-order valence-electron chi connectivity index (χ0n) is 30.0. The molecule has 52 heavy (non-hydrogen) atoms. The minimum Gasteiger partial charge on any atom is -0.508 e. The van der Waals surface area contributed by atoms with Gasteiger partial charge in [-0.05, 0) is 121 Å². The van der Waals surface area contributed by atoms with Gasteiger partial charge in [0.1, 0.15) is 5.75 Å². The zero-order valence-corrected chi connectivity index (χ0v) is 30.0. The predicted molar refractivity (Wildman–Crippen MR) is 206 cm³/mol. The Kier molecular flexibility index (Phi) is 8.99. The summed E-state index contributed by atoms with van der Waals surface area (Å²) in [4.78, 5) is 32.0. The van der Waals surface area contributed by atoms with Gasteiger partial charge in [-0.25, -0.2) is 0 Å². The van der Waals surface area contributed by atoms with Crippen LogP contribution in [0.15, 0.2) is 97.1 Å². The minimum atomic E-state index is -0.227. The van der Waals surface area contributed by atoms with Gasteiger partial charge in [0.25, 0.3) is 0 Å². The second-order valence-corrected chi connectivity index (χ2v) is 15.9. The van der Waals surface area contributed by atoms with Crippen molar-refractivity contribution in [1.29, 1.82) is 0 Å². The lowest BCUT2D eigenvalue weighted by atomic mass is 9.69. The van der Waals surface area contributed by atoms with Gasteiger partial charge in [-0.1, -0.05) is 60.7 Å². The lowest BCUT2D eigenvalue weighted by molar-refractivity contribution is -0.134. The third kappa shape index (κ3) is 6.38. The second kappa shape index (κ2) is 14.1. The van der Waals surface area contributed by atoms with E-state index in [1.165, 1.54) is 72.4 Å². The van der Waals surface area contributed by atoms with Crippen molar-refractivity contribution in [2.45, 2.75) is 81.2 Å². The van der Waals surface area contributed by atoms with E-state index in [0.717, 1.165) is 44.0 Å². The fourth-order valence-corrected chi connectivity index (χ4v) is 10.4. The van der Waals surface area contributed by atoms with Crippen LogP contribution in [0.25, 0.3) is 0 Å². The molecule has 9 rings (SSSR count). The maximum atomic E-state index is 12.4. The van der Waals surface area contributed by atoms with Crippen LogP contribution >= 0.6 is 0 Å². The standard InChI is InChI=1S/C45H50N4O3/c50-37-15-17-39-34(28-37)10-16-38(31-4-2-1-3-5-31)44(39)33-8-11-35(12-9-33)47-24-20-30(21-25-47)29-48-26-22-42-41(48)23-27-49(42)36-13-6-32(7-14-36)40-18-19-43(51)46-45(40)52/h1-9,11-15,17,28,30,38,40-42,44,50H,10,16,18-27,29H2,(H,46,51,52)/t38-,40?,41+,42+,44+/m1/s1. The van der Waals surface area contributed by atoms with E-state index in [9.17, 15) is 14.7 Å². The molecule has 1 unspecified atom stereocenters. The molecule has 7 heteroatoms. The van der Waals surface area contributed by atoms with Crippen LogP contribution in [0, 0.1) is 5.92 Å². The number of likely N-dealkylation sites (tertiary alicyclic amines) is 1. The van der Waals surface area contributed by atoms with Gasteiger partial charge in [-0.15, -0.1) is 0 Å². The number of phenols is 1. The number of fused-ring (bicyclic) bond motifs is 2. The zero-order chi connectivity index (χ0) is 35.2. The first kappa shape index (κ1) is 33.2. The van der Waals surface area contributed by atoms with Crippen LogP contribution in [0.1, 0.15) is 90.5 Å². The molecule has 0 spiro atoms. The normalized spacial score (nSPS) is 26.7. The summed E-state index contributed by atoms with van der Waals surface area (Å²) >= 11 is 0. The van der Waals surface area contributed by atoms with E-state index in [1.54, 1.807) is 0 Å². The van der Waals surface area contributed by atoms with Gasteiger partial charge >= 0.3 is 0 Å². The van der Waals surface area contributed by atoms with Crippen molar-refractivity contribution in [3.8, 4) is 5.75 Å². The summed E-state index contributed by atoms with van der Waals surface area (Å²) in [7, 11) is 0. The highest BCUT2D eigenvalue weighted by Gasteiger charge is 2.43. The number of aryl methyl sites for hydroxylation is 1. The van der Waals surface area contributed by atoms with Crippen molar-refractivity contribution in [3.63, 3.8) is 0 Å². The van der Waals surface area contributed by atoms with E-state index in [0.29, 0.717) is 36.6 Å². The molecule has 5 atom stereocenters. The van der Waals surface area contributed by atoms with Crippen molar-refractivity contribution in [2.24, 2.45) is 5.92 Å². The molecule has 268 valence electrons. The number of amides is 2. The van der Waals surface area contributed by atoms with Crippen molar-refractivity contribution in [3.05, 3.63) is 125 Å².